The number of amides is 1. The maximum atomic E-state index is 13.1. The Morgan fingerprint density at radius 1 is 1.50 bits per heavy atom. The van der Waals surface area contributed by atoms with Crippen molar-refractivity contribution in [1.29, 1.82) is 0 Å². The Labute approximate surface area is 82.1 Å². The largest absolute Gasteiger partial charge is 0.399 e. The minimum absolute atomic E-state index is 0.501. The minimum atomic E-state index is -1.88. The summed E-state index contributed by atoms with van der Waals surface area (Å²) < 4.78 is 13.1. The van der Waals surface area contributed by atoms with Crippen LogP contribution in [0.25, 0.3) is 0 Å². The van der Waals surface area contributed by atoms with Gasteiger partial charge < -0.3 is 11.1 Å². The fourth-order valence-corrected chi connectivity index (χ4v) is 0.896. The van der Waals surface area contributed by atoms with Crippen LogP contribution in [0.1, 0.15) is 13.8 Å². The number of anilines is 2. The molecule has 0 heterocycles. The number of alkyl halides is 1. The van der Waals surface area contributed by atoms with E-state index in [2.05, 4.69) is 5.32 Å². The molecular weight excluding hydrogens is 183 g/mol. The van der Waals surface area contributed by atoms with Gasteiger partial charge in [0, 0.05) is 11.4 Å². The molecule has 0 fully saturated rings. The Bertz CT molecular complexity index is 344. The second kappa shape index (κ2) is 3.65. The van der Waals surface area contributed by atoms with Crippen molar-refractivity contribution in [1.82, 2.24) is 0 Å². The highest BCUT2D eigenvalue weighted by Gasteiger charge is 2.26. The van der Waals surface area contributed by atoms with Gasteiger partial charge in [-0.25, -0.2) is 4.39 Å². The third-order valence-corrected chi connectivity index (χ3v) is 1.68. The van der Waals surface area contributed by atoms with E-state index in [1.807, 2.05) is 0 Å². The first-order chi connectivity index (χ1) is 6.39. The van der Waals surface area contributed by atoms with Crippen molar-refractivity contribution in [2.24, 2.45) is 0 Å². The molecule has 1 rings (SSSR count). The first-order valence-electron chi connectivity index (χ1n) is 4.25. The lowest BCUT2D eigenvalue weighted by Crippen LogP contribution is -2.32. The Balaban J connectivity index is 2.75. The molecule has 76 valence electrons. The van der Waals surface area contributed by atoms with Crippen molar-refractivity contribution in [3.05, 3.63) is 24.3 Å². The summed E-state index contributed by atoms with van der Waals surface area (Å²) in [6.07, 6.45) is 0. The summed E-state index contributed by atoms with van der Waals surface area (Å²) in [5.41, 5.74) is 4.64. The van der Waals surface area contributed by atoms with Gasteiger partial charge in [0.2, 0.25) is 0 Å². The van der Waals surface area contributed by atoms with Crippen LogP contribution >= 0.6 is 0 Å². The molecule has 1 aromatic carbocycles. The van der Waals surface area contributed by atoms with E-state index >= 15 is 0 Å². The molecule has 0 aliphatic rings. The lowest BCUT2D eigenvalue weighted by molar-refractivity contribution is -0.125. The van der Waals surface area contributed by atoms with Gasteiger partial charge in [-0.15, -0.1) is 0 Å². The first-order valence-corrected chi connectivity index (χ1v) is 4.25. The predicted octanol–water partition coefficient (Wildman–Crippen LogP) is 1.96. The molecule has 0 aliphatic carbocycles. The van der Waals surface area contributed by atoms with E-state index in [4.69, 9.17) is 5.73 Å². The maximum absolute atomic E-state index is 13.1. The van der Waals surface area contributed by atoms with Crippen LogP contribution in [-0.2, 0) is 4.79 Å². The molecule has 0 saturated carbocycles. The quantitative estimate of drug-likeness (QED) is 0.710. The van der Waals surface area contributed by atoms with Crippen molar-refractivity contribution in [2.75, 3.05) is 11.1 Å². The van der Waals surface area contributed by atoms with Crippen LogP contribution in [0.15, 0.2) is 24.3 Å². The van der Waals surface area contributed by atoms with Gasteiger partial charge in [-0.05, 0) is 32.0 Å². The van der Waals surface area contributed by atoms with Crippen LogP contribution in [-0.4, -0.2) is 11.6 Å². The second-order valence-corrected chi connectivity index (χ2v) is 3.55. The molecule has 0 atom stereocenters. The molecule has 0 aromatic heterocycles. The van der Waals surface area contributed by atoms with Crippen molar-refractivity contribution in [3.63, 3.8) is 0 Å². The smallest absolute Gasteiger partial charge is 0.261 e. The maximum Gasteiger partial charge on any atom is 0.261 e. The van der Waals surface area contributed by atoms with Crippen LogP contribution in [0.4, 0.5) is 15.8 Å². The summed E-state index contributed by atoms with van der Waals surface area (Å²) in [5.74, 6) is -0.678. The molecule has 4 heteroatoms. The molecule has 1 aromatic rings. The van der Waals surface area contributed by atoms with Gasteiger partial charge in [0.1, 0.15) is 0 Å². The Morgan fingerprint density at radius 2 is 2.14 bits per heavy atom. The van der Waals surface area contributed by atoms with Crippen molar-refractivity contribution in [3.8, 4) is 0 Å². The zero-order valence-electron chi connectivity index (χ0n) is 8.17. The lowest BCUT2D eigenvalue weighted by atomic mass is 10.1. The van der Waals surface area contributed by atoms with Gasteiger partial charge in [-0.2, -0.15) is 0 Å². The highest BCUT2D eigenvalue weighted by atomic mass is 19.1. The Kier molecular flexibility index (Phi) is 2.74. The number of hydrogen-bond donors (Lipinski definition) is 2. The summed E-state index contributed by atoms with van der Waals surface area (Å²) in [5, 5.41) is 2.43. The van der Waals surface area contributed by atoms with E-state index in [1.165, 1.54) is 13.8 Å². The first kappa shape index (κ1) is 10.5. The third kappa shape index (κ3) is 2.73. The SMILES string of the molecule is CC(C)(F)C(=O)Nc1cccc(N)c1. The van der Waals surface area contributed by atoms with Gasteiger partial charge in [0.05, 0.1) is 0 Å². The average molecular weight is 196 g/mol. The second-order valence-electron chi connectivity index (χ2n) is 3.55. The number of benzene rings is 1. The van der Waals surface area contributed by atoms with Gasteiger partial charge in [-0.3, -0.25) is 4.79 Å². The molecule has 0 saturated heterocycles. The molecule has 0 unspecified atom stereocenters. The number of carbonyl (C=O) groups excluding carboxylic acids is 1. The summed E-state index contributed by atoms with van der Waals surface area (Å²) in [4.78, 5) is 11.2. The summed E-state index contributed by atoms with van der Waals surface area (Å²) in [7, 11) is 0. The van der Waals surface area contributed by atoms with Crippen molar-refractivity contribution < 1.29 is 9.18 Å². The minimum Gasteiger partial charge on any atom is -0.399 e. The zero-order valence-corrected chi connectivity index (χ0v) is 8.17. The number of nitrogens with one attached hydrogen (secondary N) is 1. The van der Waals surface area contributed by atoms with Crippen LogP contribution in [0.5, 0.6) is 0 Å². The fourth-order valence-electron chi connectivity index (χ4n) is 0.896. The molecule has 0 bridgehead atoms. The molecule has 0 aliphatic heterocycles. The number of rotatable bonds is 2. The summed E-state index contributed by atoms with van der Waals surface area (Å²) in [6, 6.07) is 6.61. The highest BCUT2D eigenvalue weighted by molar-refractivity contribution is 5.96. The van der Waals surface area contributed by atoms with Crippen LogP contribution in [0, 0.1) is 0 Å². The molecule has 3 nitrogen and oxygen atoms in total. The molecular formula is C10H13FN2O. The predicted molar refractivity (Wildman–Crippen MR) is 54.7 cm³/mol. The topological polar surface area (TPSA) is 55.1 Å². The normalized spacial score (nSPS) is 11.1. The number of nitrogens with two attached hydrogens (primary N) is 1. The molecule has 14 heavy (non-hydrogen) atoms. The van der Waals surface area contributed by atoms with Gasteiger partial charge in [0.15, 0.2) is 5.67 Å². The lowest BCUT2D eigenvalue weighted by Gasteiger charge is -2.14. The Hall–Kier alpha value is -1.58. The van der Waals surface area contributed by atoms with E-state index in [1.54, 1.807) is 24.3 Å². The number of halogens is 1. The molecule has 0 spiro atoms. The van der Waals surface area contributed by atoms with Gasteiger partial charge in [0.25, 0.3) is 5.91 Å². The summed E-state index contributed by atoms with van der Waals surface area (Å²) in [6.45, 7) is 2.41. The number of hydrogen-bond acceptors (Lipinski definition) is 2. The van der Waals surface area contributed by atoms with E-state index in [9.17, 15) is 9.18 Å². The molecule has 3 N–H and O–H groups in total. The number of nitrogen functional groups attached to an aromatic ring is 1. The van der Waals surface area contributed by atoms with E-state index < -0.39 is 11.6 Å². The summed E-state index contributed by atoms with van der Waals surface area (Å²) >= 11 is 0. The van der Waals surface area contributed by atoms with E-state index in [0.29, 0.717) is 11.4 Å². The third-order valence-electron chi connectivity index (χ3n) is 1.68. The number of carbonyl (C=O) groups is 1. The van der Waals surface area contributed by atoms with Crippen LogP contribution in [0.3, 0.4) is 0 Å². The average Bonchev–Trinajstić information content (AvgIpc) is 2.02. The van der Waals surface area contributed by atoms with Gasteiger partial charge >= 0.3 is 0 Å². The molecule has 0 radical (unpaired) electrons. The van der Waals surface area contributed by atoms with Crippen LogP contribution < -0.4 is 11.1 Å². The van der Waals surface area contributed by atoms with Crippen LogP contribution in [0.2, 0.25) is 0 Å². The van der Waals surface area contributed by atoms with Gasteiger partial charge in [-0.1, -0.05) is 6.07 Å². The highest BCUT2D eigenvalue weighted by Crippen LogP contribution is 2.15. The fraction of sp³-hybridized carbons (Fsp3) is 0.300. The molecule has 1 amide bonds. The van der Waals surface area contributed by atoms with E-state index in [0.717, 1.165) is 0 Å². The standard InChI is InChI=1S/C10H13FN2O/c1-10(2,11)9(14)13-8-5-3-4-7(12)6-8/h3-6H,12H2,1-2H3,(H,13,14). The monoisotopic (exact) mass is 196 g/mol. The van der Waals surface area contributed by atoms with Crippen molar-refractivity contribution in [2.45, 2.75) is 19.5 Å². The Morgan fingerprint density at radius 3 is 2.64 bits per heavy atom. The van der Waals surface area contributed by atoms with E-state index in [-0.39, 0.29) is 0 Å². The zero-order chi connectivity index (χ0) is 10.8. The van der Waals surface area contributed by atoms with Crippen molar-refractivity contribution >= 4 is 17.3 Å².